The molecule has 1 rings (SSSR count). The molecule has 0 bridgehead atoms. The van der Waals surface area contributed by atoms with E-state index in [1.54, 1.807) is 6.07 Å². The minimum atomic E-state index is -3.80. The number of benzene rings is 1. The van der Waals surface area contributed by atoms with Gasteiger partial charge in [-0.25, -0.2) is 17.9 Å². The molecule has 0 heterocycles. The van der Waals surface area contributed by atoms with Crippen LogP contribution in [-0.4, -0.2) is 46.4 Å². The maximum atomic E-state index is 11.9. The second-order valence-electron chi connectivity index (χ2n) is 3.59. The molecular weight excluding hydrogens is 274 g/mol. The Kier molecular flexibility index (Phi) is 5.28. The van der Waals surface area contributed by atoms with Gasteiger partial charge < -0.3 is 14.6 Å². The number of hydrogen-bond acceptors (Lipinski definition) is 5. The van der Waals surface area contributed by atoms with Gasteiger partial charge in [-0.2, -0.15) is 0 Å². The number of nitrogens with one attached hydrogen (secondary N) is 1. The molecule has 0 amide bonds. The van der Waals surface area contributed by atoms with Crippen molar-refractivity contribution in [1.82, 2.24) is 4.72 Å². The Balaban J connectivity index is 2.83. The Labute approximate surface area is 111 Å². The van der Waals surface area contributed by atoms with Crippen molar-refractivity contribution in [1.29, 1.82) is 0 Å². The monoisotopic (exact) mass is 289 g/mol. The van der Waals surface area contributed by atoms with Gasteiger partial charge in [0.15, 0.2) is 6.10 Å². The molecule has 1 aromatic carbocycles. The zero-order chi connectivity index (χ0) is 14.5. The molecule has 0 saturated heterocycles. The SMILES string of the molecule is COc1cccc(S(=O)(=O)NCC(OC)C(=O)O)c1. The van der Waals surface area contributed by atoms with E-state index in [1.807, 2.05) is 0 Å². The predicted octanol–water partition coefficient (Wildman–Crippen LogP) is 0.0731. The molecule has 0 aliphatic rings. The number of aliphatic carboxylic acids is 1. The zero-order valence-corrected chi connectivity index (χ0v) is 11.3. The molecule has 106 valence electrons. The third-order valence-corrected chi connectivity index (χ3v) is 3.79. The van der Waals surface area contributed by atoms with Crippen LogP contribution < -0.4 is 9.46 Å². The Hall–Kier alpha value is -1.64. The molecule has 0 radical (unpaired) electrons. The fourth-order valence-electron chi connectivity index (χ4n) is 1.31. The van der Waals surface area contributed by atoms with Crippen molar-refractivity contribution in [3.63, 3.8) is 0 Å². The molecule has 1 aromatic rings. The van der Waals surface area contributed by atoms with Crippen LogP contribution in [0, 0.1) is 0 Å². The summed E-state index contributed by atoms with van der Waals surface area (Å²) in [5.41, 5.74) is 0. The van der Waals surface area contributed by atoms with E-state index in [0.717, 1.165) is 0 Å². The topological polar surface area (TPSA) is 102 Å². The summed E-state index contributed by atoms with van der Waals surface area (Å²) in [6.07, 6.45) is -1.24. The predicted molar refractivity (Wildman–Crippen MR) is 66.6 cm³/mol. The second-order valence-corrected chi connectivity index (χ2v) is 5.36. The van der Waals surface area contributed by atoms with Crippen LogP contribution in [0.2, 0.25) is 0 Å². The summed E-state index contributed by atoms with van der Waals surface area (Å²) in [7, 11) is -1.19. The average Bonchev–Trinajstić information content (AvgIpc) is 2.39. The molecule has 7 nitrogen and oxygen atoms in total. The summed E-state index contributed by atoms with van der Waals surface area (Å²) >= 11 is 0. The summed E-state index contributed by atoms with van der Waals surface area (Å²) in [5.74, 6) is -0.847. The summed E-state index contributed by atoms with van der Waals surface area (Å²) in [4.78, 5) is 10.7. The van der Waals surface area contributed by atoms with E-state index in [0.29, 0.717) is 5.75 Å². The van der Waals surface area contributed by atoms with Crippen LogP contribution in [0.15, 0.2) is 29.2 Å². The first-order chi connectivity index (χ1) is 8.90. The molecule has 0 aromatic heterocycles. The van der Waals surface area contributed by atoms with Crippen LogP contribution in [0.3, 0.4) is 0 Å². The van der Waals surface area contributed by atoms with Gasteiger partial charge in [-0.3, -0.25) is 0 Å². The second kappa shape index (κ2) is 6.50. The van der Waals surface area contributed by atoms with Crippen LogP contribution in [0.25, 0.3) is 0 Å². The Bertz CT molecular complexity index is 542. The Morgan fingerprint density at radius 3 is 2.63 bits per heavy atom. The van der Waals surface area contributed by atoms with Gasteiger partial charge in [-0.15, -0.1) is 0 Å². The van der Waals surface area contributed by atoms with Gasteiger partial charge in [0.1, 0.15) is 5.75 Å². The maximum Gasteiger partial charge on any atom is 0.334 e. The van der Waals surface area contributed by atoms with Crippen molar-refractivity contribution in [2.45, 2.75) is 11.0 Å². The van der Waals surface area contributed by atoms with Crippen LogP contribution in [0.5, 0.6) is 5.75 Å². The third kappa shape index (κ3) is 4.19. The zero-order valence-electron chi connectivity index (χ0n) is 10.5. The number of methoxy groups -OCH3 is 2. The van der Waals surface area contributed by atoms with Crippen molar-refractivity contribution in [2.24, 2.45) is 0 Å². The molecular formula is C11H15NO6S. The third-order valence-electron chi connectivity index (χ3n) is 2.37. The lowest BCUT2D eigenvalue weighted by Gasteiger charge is -2.12. The van der Waals surface area contributed by atoms with Gasteiger partial charge in [0.05, 0.1) is 12.0 Å². The minimum absolute atomic E-state index is 0.00732. The summed E-state index contributed by atoms with van der Waals surface area (Å²) < 4.78 is 35.6. The van der Waals surface area contributed by atoms with Gasteiger partial charge in [0, 0.05) is 19.7 Å². The molecule has 0 saturated carbocycles. The van der Waals surface area contributed by atoms with Crippen molar-refractivity contribution in [3.8, 4) is 5.75 Å². The van der Waals surface area contributed by atoms with Gasteiger partial charge in [0.25, 0.3) is 0 Å². The molecule has 0 aliphatic carbocycles. The van der Waals surface area contributed by atoms with Crippen molar-refractivity contribution in [3.05, 3.63) is 24.3 Å². The quantitative estimate of drug-likeness (QED) is 0.736. The number of sulfonamides is 1. The van der Waals surface area contributed by atoms with Gasteiger partial charge in [-0.1, -0.05) is 6.07 Å². The first-order valence-electron chi connectivity index (χ1n) is 5.30. The number of carboxylic acid groups (broad SMARTS) is 1. The van der Waals surface area contributed by atoms with E-state index < -0.39 is 22.1 Å². The van der Waals surface area contributed by atoms with Crippen LogP contribution in [0.1, 0.15) is 0 Å². The normalized spacial score (nSPS) is 12.9. The van der Waals surface area contributed by atoms with E-state index in [2.05, 4.69) is 9.46 Å². The fraction of sp³-hybridized carbons (Fsp3) is 0.364. The van der Waals surface area contributed by atoms with E-state index in [1.165, 1.54) is 32.4 Å². The highest BCUT2D eigenvalue weighted by Gasteiger charge is 2.21. The highest BCUT2D eigenvalue weighted by atomic mass is 32.2. The first-order valence-corrected chi connectivity index (χ1v) is 6.78. The van der Waals surface area contributed by atoms with E-state index in [9.17, 15) is 13.2 Å². The molecule has 19 heavy (non-hydrogen) atoms. The number of carboxylic acids is 1. The molecule has 0 aliphatic heterocycles. The Morgan fingerprint density at radius 1 is 1.42 bits per heavy atom. The van der Waals surface area contributed by atoms with Crippen LogP contribution >= 0.6 is 0 Å². The Morgan fingerprint density at radius 2 is 2.11 bits per heavy atom. The molecule has 1 atom stereocenters. The molecule has 1 unspecified atom stereocenters. The highest BCUT2D eigenvalue weighted by Crippen LogP contribution is 2.16. The smallest absolute Gasteiger partial charge is 0.334 e. The van der Waals surface area contributed by atoms with Gasteiger partial charge >= 0.3 is 5.97 Å². The molecule has 0 fully saturated rings. The van der Waals surface area contributed by atoms with Crippen molar-refractivity contribution < 1.29 is 27.8 Å². The van der Waals surface area contributed by atoms with Crippen molar-refractivity contribution in [2.75, 3.05) is 20.8 Å². The number of ether oxygens (including phenoxy) is 2. The molecule has 8 heteroatoms. The molecule has 2 N–H and O–H groups in total. The van der Waals surface area contributed by atoms with Crippen LogP contribution in [-0.2, 0) is 19.6 Å². The first kappa shape index (κ1) is 15.4. The highest BCUT2D eigenvalue weighted by molar-refractivity contribution is 7.89. The van der Waals surface area contributed by atoms with Gasteiger partial charge in [0.2, 0.25) is 10.0 Å². The lowest BCUT2D eigenvalue weighted by atomic mass is 10.3. The minimum Gasteiger partial charge on any atom is -0.497 e. The number of rotatable bonds is 7. The van der Waals surface area contributed by atoms with Crippen LogP contribution in [0.4, 0.5) is 0 Å². The van der Waals surface area contributed by atoms with Gasteiger partial charge in [-0.05, 0) is 12.1 Å². The lowest BCUT2D eigenvalue weighted by molar-refractivity contribution is -0.147. The number of carbonyl (C=O) groups is 1. The average molecular weight is 289 g/mol. The van der Waals surface area contributed by atoms with E-state index in [-0.39, 0.29) is 11.4 Å². The van der Waals surface area contributed by atoms with E-state index >= 15 is 0 Å². The lowest BCUT2D eigenvalue weighted by Crippen LogP contribution is -2.37. The van der Waals surface area contributed by atoms with Crippen molar-refractivity contribution >= 4 is 16.0 Å². The standard InChI is InChI=1S/C11H15NO6S/c1-17-8-4-3-5-9(6-8)19(15,16)12-7-10(18-2)11(13)14/h3-6,10,12H,7H2,1-2H3,(H,13,14). The molecule has 0 spiro atoms. The summed E-state index contributed by atoms with van der Waals surface area (Å²) in [6, 6.07) is 5.85. The fourth-order valence-corrected chi connectivity index (χ4v) is 2.38. The summed E-state index contributed by atoms with van der Waals surface area (Å²) in [5, 5.41) is 8.74. The largest absolute Gasteiger partial charge is 0.497 e. The van der Waals surface area contributed by atoms with E-state index in [4.69, 9.17) is 9.84 Å². The number of hydrogen-bond donors (Lipinski definition) is 2. The maximum absolute atomic E-state index is 11.9. The summed E-state index contributed by atoms with van der Waals surface area (Å²) in [6.45, 7) is -0.356.